The minimum Gasteiger partial charge on any atom is -0.508 e. The zero-order valence-electron chi connectivity index (χ0n) is 11.1. The van der Waals surface area contributed by atoms with Gasteiger partial charge in [-0.3, -0.25) is 0 Å². The van der Waals surface area contributed by atoms with E-state index in [9.17, 15) is 5.11 Å². The van der Waals surface area contributed by atoms with Crippen LogP contribution in [0, 0.1) is 0 Å². The van der Waals surface area contributed by atoms with E-state index in [2.05, 4.69) is 0 Å². The van der Waals surface area contributed by atoms with Crippen molar-refractivity contribution in [2.75, 3.05) is 12.3 Å². The number of aromatic hydroxyl groups is 1. The van der Waals surface area contributed by atoms with Crippen molar-refractivity contribution >= 4 is 17.3 Å². The molecule has 0 saturated heterocycles. The highest BCUT2D eigenvalue weighted by molar-refractivity contribution is 6.32. The van der Waals surface area contributed by atoms with Crippen molar-refractivity contribution in [3.8, 4) is 17.2 Å². The third-order valence-electron chi connectivity index (χ3n) is 2.76. The maximum Gasteiger partial charge on any atom is 0.138 e. The molecule has 0 atom stereocenters. The molecule has 0 aliphatic heterocycles. The Hall–Kier alpha value is -2.07. The largest absolute Gasteiger partial charge is 0.508 e. The molecule has 0 spiro atoms. The number of benzene rings is 2. The number of phenols is 1. The SMILES string of the molecule is CCOc1cccc(N)c1COc1ccc(O)cc1Cl. The van der Waals surface area contributed by atoms with E-state index in [1.165, 1.54) is 12.1 Å². The van der Waals surface area contributed by atoms with E-state index in [4.69, 9.17) is 26.8 Å². The first kappa shape index (κ1) is 14.3. The smallest absolute Gasteiger partial charge is 0.138 e. The van der Waals surface area contributed by atoms with Crippen LogP contribution in [-0.2, 0) is 6.61 Å². The van der Waals surface area contributed by atoms with Crippen LogP contribution in [0.15, 0.2) is 36.4 Å². The highest BCUT2D eigenvalue weighted by atomic mass is 35.5. The molecule has 5 heteroatoms. The number of nitrogen functional groups attached to an aromatic ring is 1. The molecule has 0 aromatic heterocycles. The molecule has 2 aromatic rings. The fourth-order valence-corrected chi connectivity index (χ4v) is 2.01. The molecule has 0 bridgehead atoms. The summed E-state index contributed by atoms with van der Waals surface area (Å²) in [4.78, 5) is 0. The number of anilines is 1. The van der Waals surface area contributed by atoms with Gasteiger partial charge in [0.05, 0.1) is 17.2 Å². The molecular formula is C15H16ClNO3. The molecule has 0 amide bonds. The van der Waals surface area contributed by atoms with Gasteiger partial charge in [-0.1, -0.05) is 17.7 Å². The van der Waals surface area contributed by atoms with Crippen molar-refractivity contribution in [1.29, 1.82) is 0 Å². The Bertz CT molecular complexity index is 602. The Labute approximate surface area is 122 Å². The van der Waals surface area contributed by atoms with E-state index in [0.29, 0.717) is 28.8 Å². The first-order valence-corrected chi connectivity index (χ1v) is 6.61. The number of ether oxygens (including phenoxy) is 2. The van der Waals surface area contributed by atoms with Gasteiger partial charge in [-0.2, -0.15) is 0 Å². The van der Waals surface area contributed by atoms with Gasteiger partial charge in [0.1, 0.15) is 23.9 Å². The standard InChI is InChI=1S/C15H16ClNO3/c1-2-19-14-5-3-4-13(17)11(14)9-20-15-7-6-10(18)8-12(15)16/h3-8,18H,2,9,17H2,1H3. The van der Waals surface area contributed by atoms with Crippen LogP contribution in [0.1, 0.15) is 12.5 Å². The molecule has 0 heterocycles. The third kappa shape index (κ3) is 3.27. The summed E-state index contributed by atoms with van der Waals surface area (Å²) in [5, 5.41) is 9.65. The number of hydrogen-bond acceptors (Lipinski definition) is 4. The summed E-state index contributed by atoms with van der Waals surface area (Å²) >= 11 is 5.99. The van der Waals surface area contributed by atoms with Crippen molar-refractivity contribution in [2.24, 2.45) is 0 Å². The van der Waals surface area contributed by atoms with Crippen molar-refractivity contribution in [2.45, 2.75) is 13.5 Å². The summed E-state index contributed by atoms with van der Waals surface area (Å²) in [5.41, 5.74) is 7.32. The van der Waals surface area contributed by atoms with Gasteiger partial charge in [-0.15, -0.1) is 0 Å². The Morgan fingerprint density at radius 3 is 2.65 bits per heavy atom. The van der Waals surface area contributed by atoms with Gasteiger partial charge in [0.2, 0.25) is 0 Å². The van der Waals surface area contributed by atoms with Crippen molar-refractivity contribution in [1.82, 2.24) is 0 Å². The predicted octanol–water partition coefficient (Wildman–Crippen LogP) is 3.61. The molecule has 2 aromatic carbocycles. The first-order valence-electron chi connectivity index (χ1n) is 6.23. The average Bonchev–Trinajstić information content (AvgIpc) is 2.40. The topological polar surface area (TPSA) is 64.7 Å². The van der Waals surface area contributed by atoms with Gasteiger partial charge in [0.15, 0.2) is 0 Å². The highest BCUT2D eigenvalue weighted by Crippen LogP contribution is 2.31. The van der Waals surface area contributed by atoms with Gasteiger partial charge in [0, 0.05) is 11.8 Å². The van der Waals surface area contributed by atoms with Crippen LogP contribution in [0.25, 0.3) is 0 Å². The summed E-state index contributed by atoms with van der Waals surface area (Å²) in [7, 11) is 0. The number of nitrogens with two attached hydrogens (primary N) is 1. The number of phenolic OH excluding ortho intramolecular Hbond substituents is 1. The maximum absolute atomic E-state index is 9.30. The second kappa shape index (κ2) is 6.39. The van der Waals surface area contributed by atoms with Gasteiger partial charge in [-0.05, 0) is 31.2 Å². The van der Waals surface area contributed by atoms with Crippen LogP contribution in [-0.4, -0.2) is 11.7 Å². The zero-order valence-corrected chi connectivity index (χ0v) is 11.9. The van der Waals surface area contributed by atoms with Gasteiger partial charge in [-0.25, -0.2) is 0 Å². The van der Waals surface area contributed by atoms with Crippen molar-refractivity contribution in [3.63, 3.8) is 0 Å². The molecule has 0 radical (unpaired) electrons. The van der Waals surface area contributed by atoms with E-state index in [1.54, 1.807) is 12.1 Å². The molecule has 106 valence electrons. The van der Waals surface area contributed by atoms with E-state index < -0.39 is 0 Å². The fourth-order valence-electron chi connectivity index (χ4n) is 1.78. The lowest BCUT2D eigenvalue weighted by atomic mass is 10.1. The van der Waals surface area contributed by atoms with Crippen LogP contribution in [0.2, 0.25) is 5.02 Å². The maximum atomic E-state index is 9.30. The summed E-state index contributed by atoms with van der Waals surface area (Å²) in [6.45, 7) is 2.70. The number of halogens is 1. The van der Waals surface area contributed by atoms with Crippen LogP contribution in [0.3, 0.4) is 0 Å². The molecule has 0 fully saturated rings. The van der Waals surface area contributed by atoms with Crippen LogP contribution in [0.4, 0.5) is 5.69 Å². The van der Waals surface area contributed by atoms with E-state index in [0.717, 1.165) is 5.56 Å². The second-order valence-corrected chi connectivity index (χ2v) is 4.57. The predicted molar refractivity (Wildman–Crippen MR) is 79.5 cm³/mol. The van der Waals surface area contributed by atoms with Crippen LogP contribution in [0.5, 0.6) is 17.2 Å². The lowest BCUT2D eigenvalue weighted by Gasteiger charge is -2.14. The molecule has 0 unspecified atom stereocenters. The van der Waals surface area contributed by atoms with Gasteiger partial charge >= 0.3 is 0 Å². The summed E-state index contributed by atoms with van der Waals surface area (Å²) in [5.74, 6) is 1.27. The lowest BCUT2D eigenvalue weighted by Crippen LogP contribution is -2.04. The minimum atomic E-state index is 0.0941. The molecule has 3 N–H and O–H groups in total. The summed E-state index contributed by atoms with van der Waals surface area (Å²) < 4.78 is 11.2. The Morgan fingerprint density at radius 1 is 1.15 bits per heavy atom. The lowest BCUT2D eigenvalue weighted by molar-refractivity contribution is 0.287. The number of rotatable bonds is 5. The van der Waals surface area contributed by atoms with Gasteiger partial charge < -0.3 is 20.3 Å². The van der Waals surface area contributed by atoms with Crippen LogP contribution < -0.4 is 15.2 Å². The Morgan fingerprint density at radius 2 is 1.95 bits per heavy atom. The molecule has 2 rings (SSSR count). The van der Waals surface area contributed by atoms with Crippen molar-refractivity contribution in [3.05, 3.63) is 47.0 Å². The van der Waals surface area contributed by atoms with Crippen molar-refractivity contribution < 1.29 is 14.6 Å². The first-order chi connectivity index (χ1) is 9.61. The third-order valence-corrected chi connectivity index (χ3v) is 3.05. The van der Waals surface area contributed by atoms with Gasteiger partial charge in [0.25, 0.3) is 0 Å². The molecule has 4 nitrogen and oxygen atoms in total. The normalized spacial score (nSPS) is 10.3. The zero-order chi connectivity index (χ0) is 14.5. The second-order valence-electron chi connectivity index (χ2n) is 4.16. The quantitative estimate of drug-likeness (QED) is 0.827. The average molecular weight is 294 g/mol. The summed E-state index contributed by atoms with van der Waals surface area (Å²) in [6.07, 6.45) is 0. The monoisotopic (exact) mass is 293 g/mol. The molecular weight excluding hydrogens is 278 g/mol. The molecule has 20 heavy (non-hydrogen) atoms. The molecule has 0 aliphatic rings. The number of hydrogen-bond donors (Lipinski definition) is 2. The minimum absolute atomic E-state index is 0.0941. The van der Waals surface area contributed by atoms with E-state index in [-0.39, 0.29) is 12.4 Å². The molecule has 0 aliphatic carbocycles. The fraction of sp³-hybridized carbons (Fsp3) is 0.200. The Kier molecular flexibility index (Phi) is 4.58. The van der Waals surface area contributed by atoms with E-state index >= 15 is 0 Å². The van der Waals surface area contributed by atoms with E-state index in [1.807, 2.05) is 19.1 Å². The van der Waals surface area contributed by atoms with Crippen LogP contribution >= 0.6 is 11.6 Å². The Balaban J connectivity index is 2.18. The highest BCUT2D eigenvalue weighted by Gasteiger charge is 2.10. The summed E-state index contributed by atoms with van der Waals surface area (Å²) in [6, 6.07) is 10.0. The molecule has 0 saturated carbocycles.